The summed E-state index contributed by atoms with van der Waals surface area (Å²) in [5.74, 6) is -3.39. The molecule has 0 amide bonds. The van der Waals surface area contributed by atoms with Crippen molar-refractivity contribution in [1.29, 1.82) is 0 Å². The normalized spacial score (nSPS) is 23.2. The van der Waals surface area contributed by atoms with Crippen molar-refractivity contribution >= 4 is 13.8 Å². The Morgan fingerprint density at radius 1 is 1.50 bits per heavy atom. The Morgan fingerprint density at radius 2 is 2.06 bits per heavy atom. The Hall–Kier alpha value is -1.12. The van der Waals surface area contributed by atoms with Gasteiger partial charge in [0.15, 0.2) is 11.9 Å². The van der Waals surface area contributed by atoms with Crippen molar-refractivity contribution in [2.75, 3.05) is 6.61 Å². The van der Waals surface area contributed by atoms with Gasteiger partial charge in [0.05, 0.1) is 6.61 Å². The highest BCUT2D eigenvalue weighted by Crippen LogP contribution is 2.42. The lowest BCUT2D eigenvalue weighted by atomic mass is 11.1. The molecule has 0 spiro atoms. The Bertz CT molecular complexity index is 368. The average molecular weight is 262 g/mol. The van der Waals surface area contributed by atoms with Crippen molar-refractivity contribution in [2.45, 2.75) is 12.2 Å². The summed E-state index contributed by atoms with van der Waals surface area (Å²) in [4.78, 5) is 27.8. The van der Waals surface area contributed by atoms with Crippen LogP contribution >= 0.6 is 7.82 Å². The summed E-state index contributed by atoms with van der Waals surface area (Å²) in [5.41, 5.74) is 0. The minimum Gasteiger partial charge on any atom is -0.505 e. The zero-order chi connectivity index (χ0) is 12.5. The predicted molar refractivity (Wildman–Crippen MR) is 45.8 cm³/mol. The van der Waals surface area contributed by atoms with Gasteiger partial charge in [-0.3, -0.25) is 9.79 Å². The number of aliphatic hydroxyl groups excluding tert-OH is 3. The van der Waals surface area contributed by atoms with Crippen molar-refractivity contribution in [3.8, 4) is 0 Å². The van der Waals surface area contributed by atoms with E-state index < -0.39 is 44.1 Å². The summed E-state index contributed by atoms with van der Waals surface area (Å²) in [6.07, 6.45) is -3.21. The zero-order valence-corrected chi connectivity index (χ0v) is 8.57. The molecule has 0 radical (unpaired) electrons. The van der Waals surface area contributed by atoms with Gasteiger partial charge in [-0.1, -0.05) is 0 Å². The zero-order valence-electron chi connectivity index (χ0n) is 7.68. The molecule has 2 atom stereocenters. The maximum Gasteiger partial charge on any atom is 0.525 e. The van der Waals surface area contributed by atoms with Gasteiger partial charge in [0.25, 0.3) is 5.76 Å². The van der Waals surface area contributed by atoms with Crippen molar-refractivity contribution in [3.05, 3.63) is 11.5 Å². The Morgan fingerprint density at radius 3 is 2.50 bits per heavy atom. The van der Waals surface area contributed by atoms with Crippen LogP contribution in [0.2, 0.25) is 0 Å². The van der Waals surface area contributed by atoms with E-state index in [4.69, 9.17) is 20.0 Å². The molecule has 1 rings (SSSR count). The smallest absolute Gasteiger partial charge is 0.505 e. The highest BCUT2D eigenvalue weighted by atomic mass is 31.2. The summed E-state index contributed by atoms with van der Waals surface area (Å²) in [6.45, 7) is -0.814. The number of rotatable bonds is 4. The second-order valence-electron chi connectivity index (χ2n) is 2.87. The second-order valence-corrected chi connectivity index (χ2v) is 4.04. The summed E-state index contributed by atoms with van der Waals surface area (Å²) >= 11 is 0. The van der Waals surface area contributed by atoms with E-state index in [9.17, 15) is 14.5 Å². The van der Waals surface area contributed by atoms with E-state index in [2.05, 4.69) is 9.26 Å². The first-order valence-electron chi connectivity index (χ1n) is 3.94. The van der Waals surface area contributed by atoms with E-state index in [1.807, 2.05) is 0 Å². The predicted octanol–water partition coefficient (Wildman–Crippen LogP) is -1.86. The highest BCUT2D eigenvalue weighted by molar-refractivity contribution is 7.46. The molecule has 9 nitrogen and oxygen atoms in total. The molecule has 5 N–H and O–H groups in total. The largest absolute Gasteiger partial charge is 0.525 e. The van der Waals surface area contributed by atoms with E-state index in [0.29, 0.717) is 0 Å². The monoisotopic (exact) mass is 262 g/mol. The number of phosphoric ester groups is 1. The Labute approximate surface area is 88.8 Å². The third-order valence-electron chi connectivity index (χ3n) is 1.67. The fraction of sp³-hybridized carbons (Fsp3) is 0.500. The summed E-state index contributed by atoms with van der Waals surface area (Å²) in [7, 11) is -5.02. The molecule has 0 aromatic heterocycles. The molecule has 0 fully saturated rings. The standard InChI is InChI=1S/C6H9O9P/c7-1-2(8)4-3(9)5(6(10)14-4)15-16(11,12)13/h2,4,7-9H,1H2,(H2,11,12,13)/t2-,4+/m0/s1/i1+1,2+1,3+1,4+1,5+1,6+1. The number of esters is 1. The van der Waals surface area contributed by atoms with Gasteiger partial charge in [0, 0.05) is 0 Å². The van der Waals surface area contributed by atoms with Crippen LogP contribution in [0.25, 0.3) is 0 Å². The minimum absolute atomic E-state index is 0.814. The first-order chi connectivity index (χ1) is 7.26. The molecule has 1 aliphatic heterocycles. The van der Waals surface area contributed by atoms with Gasteiger partial charge in [-0.15, -0.1) is 0 Å². The quantitative estimate of drug-likeness (QED) is 0.223. The number of aliphatic hydroxyl groups is 3. The van der Waals surface area contributed by atoms with Crippen molar-refractivity contribution in [3.63, 3.8) is 0 Å². The molecule has 1 aliphatic rings. The van der Waals surface area contributed by atoms with Crippen LogP contribution in [0, 0.1) is 0 Å². The van der Waals surface area contributed by atoms with E-state index in [-0.39, 0.29) is 0 Å². The number of cyclic esters (lactones) is 1. The molecule has 0 aliphatic carbocycles. The SMILES string of the molecule is O=[13C]1O[13C@H]([13C@@H](O)[13CH2]O)[13C](O)=[13C]1OP(=O)(O)O. The minimum atomic E-state index is -5.02. The number of carbonyl (C=O) groups is 1. The first-order valence-corrected chi connectivity index (χ1v) is 5.47. The fourth-order valence-electron chi connectivity index (χ4n) is 1.02. The van der Waals surface area contributed by atoms with Gasteiger partial charge in [-0.2, -0.15) is 0 Å². The fourth-order valence-corrected chi connectivity index (χ4v) is 1.42. The second kappa shape index (κ2) is 4.40. The first kappa shape index (κ1) is 12.9. The van der Waals surface area contributed by atoms with Gasteiger partial charge >= 0.3 is 13.8 Å². The summed E-state index contributed by atoms with van der Waals surface area (Å²) in [6, 6.07) is 0. The Balaban J connectivity index is 2.94. The highest BCUT2D eigenvalue weighted by Gasteiger charge is 2.42. The van der Waals surface area contributed by atoms with Crippen molar-refractivity contribution in [2.24, 2.45) is 0 Å². The van der Waals surface area contributed by atoms with Crippen LogP contribution in [-0.4, -0.2) is 49.9 Å². The lowest BCUT2D eigenvalue weighted by Gasteiger charge is -2.13. The lowest BCUT2D eigenvalue weighted by Crippen LogP contribution is -2.31. The summed E-state index contributed by atoms with van der Waals surface area (Å²) < 4.78 is 18.7. The van der Waals surface area contributed by atoms with Crippen LogP contribution in [0.15, 0.2) is 11.5 Å². The Kier molecular flexibility index (Phi) is 3.56. The van der Waals surface area contributed by atoms with E-state index in [1.165, 1.54) is 0 Å². The van der Waals surface area contributed by atoms with E-state index >= 15 is 0 Å². The summed E-state index contributed by atoms with van der Waals surface area (Å²) in [5, 5.41) is 26.9. The third kappa shape index (κ3) is 2.71. The molecule has 0 bridgehead atoms. The van der Waals surface area contributed by atoms with Crippen molar-refractivity contribution < 1.29 is 43.7 Å². The van der Waals surface area contributed by atoms with Crippen molar-refractivity contribution in [1.82, 2.24) is 0 Å². The molecular weight excluding hydrogens is 253 g/mol. The molecule has 0 saturated carbocycles. The topological polar surface area (TPSA) is 154 Å². The van der Waals surface area contributed by atoms with E-state index in [0.717, 1.165) is 0 Å². The third-order valence-corrected chi connectivity index (χ3v) is 2.09. The maximum atomic E-state index is 11.0. The van der Waals surface area contributed by atoms with Gasteiger partial charge < -0.3 is 24.6 Å². The van der Waals surface area contributed by atoms with Gasteiger partial charge in [-0.05, 0) is 0 Å². The molecule has 0 saturated heterocycles. The number of hydrogen-bond acceptors (Lipinski definition) is 7. The van der Waals surface area contributed by atoms with Crippen LogP contribution in [0.3, 0.4) is 0 Å². The number of ether oxygens (including phenoxy) is 1. The van der Waals surface area contributed by atoms with Crippen LogP contribution in [0.1, 0.15) is 0 Å². The van der Waals surface area contributed by atoms with Gasteiger partial charge in [-0.25, -0.2) is 9.36 Å². The van der Waals surface area contributed by atoms with Gasteiger partial charge in [0.2, 0.25) is 0 Å². The lowest BCUT2D eigenvalue weighted by molar-refractivity contribution is -0.147. The maximum absolute atomic E-state index is 11.0. The van der Waals surface area contributed by atoms with Crippen LogP contribution in [0.5, 0.6) is 0 Å². The van der Waals surface area contributed by atoms with Crippen LogP contribution < -0.4 is 0 Å². The van der Waals surface area contributed by atoms with Gasteiger partial charge in [0.1, 0.15) is 6.10 Å². The molecule has 10 heteroatoms. The number of carbonyl (C=O) groups excluding carboxylic acids is 1. The molecule has 16 heavy (non-hydrogen) atoms. The molecule has 92 valence electrons. The molecule has 0 aromatic rings. The average Bonchev–Trinajstić information content (AvgIpc) is 2.42. The molecule has 1 heterocycles. The number of phosphoric acid groups is 1. The molecule has 0 unspecified atom stereocenters. The molecular formula is C6H9O9P. The molecule has 0 aromatic carbocycles. The van der Waals surface area contributed by atoms with Crippen LogP contribution in [0.4, 0.5) is 0 Å². The van der Waals surface area contributed by atoms with E-state index in [1.54, 1.807) is 0 Å². The van der Waals surface area contributed by atoms with Crippen LogP contribution in [-0.2, 0) is 18.6 Å². The number of hydrogen-bond donors (Lipinski definition) is 5.